The van der Waals surface area contributed by atoms with E-state index in [4.69, 9.17) is 16.3 Å². The van der Waals surface area contributed by atoms with Gasteiger partial charge < -0.3 is 15.2 Å². The lowest BCUT2D eigenvalue weighted by Crippen LogP contribution is -1.99. The molecule has 4 rings (SSSR count). The fourth-order valence-corrected chi connectivity index (χ4v) is 2.88. The van der Waals surface area contributed by atoms with Crippen LogP contribution in [0.15, 0.2) is 67.0 Å². The molecule has 0 spiro atoms. The van der Waals surface area contributed by atoms with E-state index in [1.165, 1.54) is 12.4 Å². The zero-order valence-corrected chi connectivity index (χ0v) is 15.3. The van der Waals surface area contributed by atoms with Gasteiger partial charge in [-0.25, -0.2) is 14.4 Å². The van der Waals surface area contributed by atoms with Gasteiger partial charge in [-0.05, 0) is 23.8 Å². The van der Waals surface area contributed by atoms with Crippen LogP contribution in [0.2, 0.25) is 5.02 Å². The summed E-state index contributed by atoms with van der Waals surface area (Å²) >= 11 is 5.72. The minimum Gasteiger partial charge on any atom is -0.506 e. The second kappa shape index (κ2) is 7.70. The lowest BCUT2D eigenvalue weighted by Gasteiger charge is -2.11. The third-order valence-electron chi connectivity index (χ3n) is 4.15. The van der Waals surface area contributed by atoms with E-state index in [1.54, 1.807) is 18.2 Å². The number of rotatable bonds is 5. The number of benzene rings is 3. The molecule has 0 unspecified atom stereocenters. The Morgan fingerprint density at radius 3 is 2.68 bits per heavy atom. The van der Waals surface area contributed by atoms with E-state index < -0.39 is 5.82 Å². The summed E-state index contributed by atoms with van der Waals surface area (Å²) in [6, 6.07) is 17.5. The summed E-state index contributed by atoms with van der Waals surface area (Å²) in [6.45, 7) is 0.442. The van der Waals surface area contributed by atoms with Crippen LogP contribution in [0.4, 0.5) is 15.9 Å². The zero-order valence-electron chi connectivity index (χ0n) is 14.6. The van der Waals surface area contributed by atoms with Gasteiger partial charge >= 0.3 is 0 Å². The molecule has 0 bridgehead atoms. The number of nitrogens with one attached hydrogen (secondary N) is 1. The van der Waals surface area contributed by atoms with Crippen molar-refractivity contribution in [1.29, 1.82) is 0 Å². The first kappa shape index (κ1) is 18.0. The van der Waals surface area contributed by atoms with Gasteiger partial charge in [-0.2, -0.15) is 0 Å². The highest BCUT2D eigenvalue weighted by molar-refractivity contribution is 6.32. The highest BCUT2D eigenvalue weighted by atomic mass is 35.5. The number of halogens is 2. The summed E-state index contributed by atoms with van der Waals surface area (Å²) in [6.07, 6.45) is 1.37. The molecule has 0 radical (unpaired) electrons. The summed E-state index contributed by atoms with van der Waals surface area (Å²) < 4.78 is 19.9. The summed E-state index contributed by atoms with van der Waals surface area (Å²) in [7, 11) is 0. The fraction of sp³-hybridized carbons (Fsp3) is 0.0476. The average Bonchev–Trinajstić information content (AvgIpc) is 2.71. The molecule has 0 fully saturated rings. The molecule has 0 amide bonds. The highest BCUT2D eigenvalue weighted by Gasteiger charge is 2.11. The molecule has 0 saturated heterocycles. The van der Waals surface area contributed by atoms with Crippen molar-refractivity contribution < 1.29 is 14.2 Å². The maximum Gasteiger partial charge on any atom is 0.148 e. The van der Waals surface area contributed by atoms with Crippen LogP contribution in [0.5, 0.6) is 11.5 Å². The number of aromatic hydroxyl groups is 1. The number of hydrogen-bond donors (Lipinski definition) is 2. The van der Waals surface area contributed by atoms with Gasteiger partial charge in [0.05, 0.1) is 16.2 Å². The van der Waals surface area contributed by atoms with Crippen LogP contribution >= 0.6 is 11.6 Å². The van der Waals surface area contributed by atoms with Gasteiger partial charge in [0.15, 0.2) is 0 Å². The number of nitrogens with zero attached hydrogens (tertiary/aromatic N) is 2. The van der Waals surface area contributed by atoms with Crippen LogP contribution in [0.25, 0.3) is 10.9 Å². The van der Waals surface area contributed by atoms with Crippen molar-refractivity contribution in [3.63, 3.8) is 0 Å². The Morgan fingerprint density at radius 2 is 1.86 bits per heavy atom. The Kier molecular flexibility index (Phi) is 4.95. The highest BCUT2D eigenvalue weighted by Crippen LogP contribution is 2.32. The minimum absolute atomic E-state index is 0.0594. The first-order valence-corrected chi connectivity index (χ1v) is 8.84. The Balaban J connectivity index is 1.60. The molecule has 0 aliphatic heterocycles. The van der Waals surface area contributed by atoms with Gasteiger partial charge in [0, 0.05) is 17.5 Å². The number of hydrogen-bond acceptors (Lipinski definition) is 5. The van der Waals surface area contributed by atoms with E-state index in [1.807, 2.05) is 30.3 Å². The minimum atomic E-state index is -0.600. The Morgan fingerprint density at radius 1 is 1.04 bits per heavy atom. The van der Waals surface area contributed by atoms with E-state index in [2.05, 4.69) is 15.3 Å². The second-order valence-electron chi connectivity index (χ2n) is 6.08. The molecule has 140 valence electrons. The van der Waals surface area contributed by atoms with Crippen molar-refractivity contribution in [2.45, 2.75) is 6.61 Å². The van der Waals surface area contributed by atoms with Crippen LogP contribution in [-0.2, 0) is 6.61 Å². The molecular weight excluding hydrogens is 381 g/mol. The zero-order chi connectivity index (χ0) is 19.5. The number of aromatic nitrogens is 2. The third-order valence-corrected chi connectivity index (χ3v) is 4.45. The van der Waals surface area contributed by atoms with Crippen molar-refractivity contribution in [2.75, 3.05) is 5.32 Å². The van der Waals surface area contributed by atoms with Crippen LogP contribution in [0, 0.1) is 5.82 Å². The second-order valence-corrected chi connectivity index (χ2v) is 6.49. The third kappa shape index (κ3) is 3.82. The van der Waals surface area contributed by atoms with Crippen molar-refractivity contribution in [3.8, 4) is 11.5 Å². The molecule has 1 aromatic heterocycles. The van der Waals surface area contributed by atoms with E-state index in [0.29, 0.717) is 29.1 Å². The molecule has 28 heavy (non-hydrogen) atoms. The molecule has 1 heterocycles. The van der Waals surface area contributed by atoms with Crippen LogP contribution in [0.1, 0.15) is 5.56 Å². The molecule has 0 atom stereocenters. The number of phenols is 1. The van der Waals surface area contributed by atoms with E-state index in [-0.39, 0.29) is 16.5 Å². The molecule has 5 nitrogen and oxygen atoms in total. The molecule has 0 saturated carbocycles. The van der Waals surface area contributed by atoms with Crippen molar-refractivity contribution in [3.05, 3.63) is 83.4 Å². The summed E-state index contributed by atoms with van der Waals surface area (Å²) in [5, 5.41) is 13.2. The number of phenolic OH excluding ortho intramolecular Hbond substituents is 1. The first-order valence-electron chi connectivity index (χ1n) is 8.46. The Labute approximate surface area is 165 Å². The number of fused-ring (bicyclic) bond motifs is 1. The van der Waals surface area contributed by atoms with Gasteiger partial charge in [0.25, 0.3) is 0 Å². The van der Waals surface area contributed by atoms with E-state index in [0.717, 1.165) is 11.6 Å². The Bertz CT molecular complexity index is 1140. The fourth-order valence-electron chi connectivity index (χ4n) is 2.73. The monoisotopic (exact) mass is 395 g/mol. The van der Waals surface area contributed by atoms with Gasteiger partial charge in [-0.3, -0.25) is 0 Å². The number of anilines is 2. The van der Waals surface area contributed by atoms with Gasteiger partial charge in [0.2, 0.25) is 0 Å². The molecule has 2 N–H and O–H groups in total. The van der Waals surface area contributed by atoms with Crippen molar-refractivity contribution in [1.82, 2.24) is 9.97 Å². The quantitative estimate of drug-likeness (QED) is 0.470. The predicted molar refractivity (Wildman–Crippen MR) is 107 cm³/mol. The Hall–Kier alpha value is -3.38. The molecule has 7 heteroatoms. The van der Waals surface area contributed by atoms with Crippen molar-refractivity contribution in [2.24, 2.45) is 0 Å². The largest absolute Gasteiger partial charge is 0.506 e. The van der Waals surface area contributed by atoms with Gasteiger partial charge in [-0.15, -0.1) is 0 Å². The number of ether oxygens (including phenoxy) is 1. The average molecular weight is 396 g/mol. The molecule has 3 aromatic carbocycles. The molecule has 4 aromatic rings. The van der Waals surface area contributed by atoms with Gasteiger partial charge in [0.1, 0.15) is 36.1 Å². The van der Waals surface area contributed by atoms with Crippen LogP contribution in [0.3, 0.4) is 0 Å². The maximum atomic E-state index is 14.1. The lowest BCUT2D eigenvalue weighted by atomic mass is 10.2. The first-order chi connectivity index (χ1) is 13.6. The SMILES string of the molecule is Oc1cc(Nc2ncnc3cc(OCc4ccccc4)ccc23)c(F)cc1Cl. The van der Waals surface area contributed by atoms with Gasteiger partial charge in [-0.1, -0.05) is 41.9 Å². The molecular formula is C21H15ClFN3O2. The molecule has 0 aliphatic carbocycles. The predicted octanol–water partition coefficient (Wildman–Crippen LogP) is 5.45. The smallest absolute Gasteiger partial charge is 0.148 e. The standard InChI is InChI=1S/C21H15ClFN3O2/c22-16-9-17(23)19(10-20(16)27)26-21-15-7-6-14(8-18(15)24-12-25-21)28-11-13-4-2-1-3-5-13/h1-10,12,27H,11H2,(H,24,25,26). The summed E-state index contributed by atoms with van der Waals surface area (Å²) in [5.41, 5.74) is 1.76. The normalized spacial score (nSPS) is 10.8. The van der Waals surface area contributed by atoms with Crippen LogP contribution < -0.4 is 10.1 Å². The maximum absolute atomic E-state index is 14.1. The van der Waals surface area contributed by atoms with E-state index in [9.17, 15) is 9.50 Å². The molecule has 0 aliphatic rings. The topological polar surface area (TPSA) is 67.3 Å². The summed E-state index contributed by atoms with van der Waals surface area (Å²) in [4.78, 5) is 8.43. The lowest BCUT2D eigenvalue weighted by molar-refractivity contribution is 0.306. The van der Waals surface area contributed by atoms with Crippen molar-refractivity contribution >= 4 is 34.0 Å². The summed E-state index contributed by atoms with van der Waals surface area (Å²) in [5.74, 6) is 0.245. The van der Waals surface area contributed by atoms with Crippen LogP contribution in [-0.4, -0.2) is 15.1 Å². The van der Waals surface area contributed by atoms with E-state index >= 15 is 0 Å².